The van der Waals surface area contributed by atoms with Gasteiger partial charge in [0, 0.05) is 24.2 Å². The van der Waals surface area contributed by atoms with Crippen LogP contribution in [0.25, 0.3) is 0 Å². The van der Waals surface area contributed by atoms with Gasteiger partial charge in [-0.2, -0.15) is 0 Å². The predicted molar refractivity (Wildman–Crippen MR) is 71.7 cm³/mol. The highest BCUT2D eigenvalue weighted by molar-refractivity contribution is 5.04. The third-order valence-electron chi connectivity index (χ3n) is 3.53. The number of ether oxygens (including phenoxy) is 1. The summed E-state index contributed by atoms with van der Waals surface area (Å²) in [5, 5.41) is 18.8. The zero-order valence-electron chi connectivity index (χ0n) is 11.8. The second-order valence-electron chi connectivity index (χ2n) is 5.39. The van der Waals surface area contributed by atoms with Crippen LogP contribution >= 0.6 is 0 Å². The molecule has 1 aliphatic heterocycles. The van der Waals surface area contributed by atoms with E-state index in [9.17, 15) is 14.7 Å². The topological polar surface area (TPSA) is 93.7 Å². The molecule has 7 heteroatoms. The van der Waals surface area contributed by atoms with Gasteiger partial charge < -0.3 is 14.9 Å². The van der Waals surface area contributed by atoms with Crippen LogP contribution in [-0.4, -0.2) is 38.2 Å². The molecule has 0 spiro atoms. The van der Waals surface area contributed by atoms with Crippen LogP contribution in [0.2, 0.25) is 0 Å². The van der Waals surface area contributed by atoms with E-state index >= 15 is 0 Å². The Labute approximate surface area is 116 Å². The van der Waals surface area contributed by atoms with Crippen LogP contribution in [0.1, 0.15) is 38.1 Å². The Morgan fingerprint density at radius 3 is 2.60 bits per heavy atom. The number of hydrogen-bond acceptors (Lipinski definition) is 5. The molecule has 3 atom stereocenters. The summed E-state index contributed by atoms with van der Waals surface area (Å²) in [6, 6.07) is -0.263. The molecule has 20 heavy (non-hydrogen) atoms. The van der Waals surface area contributed by atoms with E-state index in [2.05, 4.69) is 0 Å². The normalized spacial score (nSPS) is 26.4. The van der Waals surface area contributed by atoms with Gasteiger partial charge in [-0.05, 0) is 20.8 Å². The molecule has 1 aromatic heterocycles. The van der Waals surface area contributed by atoms with Crippen molar-refractivity contribution in [3.8, 4) is 0 Å². The Morgan fingerprint density at radius 2 is 2.10 bits per heavy atom. The van der Waals surface area contributed by atoms with Gasteiger partial charge in [0.2, 0.25) is 0 Å². The Hall–Kier alpha value is -1.44. The van der Waals surface area contributed by atoms with E-state index in [1.54, 1.807) is 20.8 Å². The van der Waals surface area contributed by atoms with Crippen LogP contribution in [0, 0.1) is 6.92 Å². The Morgan fingerprint density at radius 1 is 1.45 bits per heavy atom. The Bertz CT molecular complexity index is 604. The summed E-state index contributed by atoms with van der Waals surface area (Å²) in [6.45, 7) is 4.84. The third-order valence-corrected chi connectivity index (χ3v) is 3.53. The standard InChI is InChI=1S/C13H20N2O5/c1-7(2)15-12(18)8(3)5-14(13(15)19)11-4-9(17)10(6-16)20-11/h5,7,9-11,16-17H,4,6H2,1-3H3/t9?,10-,11-/m0/s1. The molecule has 0 amide bonds. The highest BCUT2D eigenvalue weighted by Gasteiger charge is 2.35. The highest BCUT2D eigenvalue weighted by Crippen LogP contribution is 2.27. The monoisotopic (exact) mass is 284 g/mol. The largest absolute Gasteiger partial charge is 0.394 e. The van der Waals surface area contributed by atoms with Crippen LogP contribution in [0.15, 0.2) is 15.8 Å². The summed E-state index contributed by atoms with van der Waals surface area (Å²) in [6.07, 6.45) is -0.538. The Balaban J connectivity index is 2.49. The van der Waals surface area contributed by atoms with Gasteiger partial charge in [-0.25, -0.2) is 4.79 Å². The number of rotatable bonds is 3. The van der Waals surface area contributed by atoms with Gasteiger partial charge in [0.1, 0.15) is 12.3 Å². The first kappa shape index (κ1) is 15.0. The summed E-state index contributed by atoms with van der Waals surface area (Å²) in [5.41, 5.74) is -0.353. The van der Waals surface area contributed by atoms with Gasteiger partial charge in [0.05, 0.1) is 12.7 Å². The van der Waals surface area contributed by atoms with Gasteiger partial charge in [0.15, 0.2) is 0 Å². The third kappa shape index (κ3) is 2.44. The van der Waals surface area contributed by atoms with E-state index in [4.69, 9.17) is 9.84 Å². The SMILES string of the molecule is Cc1cn([C@@H]2CC(O)[C@H](CO)O2)c(=O)n(C(C)C)c1=O. The maximum atomic E-state index is 12.4. The zero-order chi connectivity index (χ0) is 15.0. The first-order valence-corrected chi connectivity index (χ1v) is 6.65. The number of aryl methyl sites for hydroxylation is 1. The number of aliphatic hydroxyl groups excluding tert-OH is 2. The molecule has 112 valence electrons. The summed E-state index contributed by atoms with van der Waals surface area (Å²) in [4.78, 5) is 24.4. The van der Waals surface area contributed by atoms with E-state index in [1.807, 2.05) is 0 Å². The fourth-order valence-corrected chi connectivity index (χ4v) is 2.43. The fraction of sp³-hybridized carbons (Fsp3) is 0.692. The van der Waals surface area contributed by atoms with E-state index in [0.29, 0.717) is 5.56 Å². The van der Waals surface area contributed by atoms with E-state index in [-0.39, 0.29) is 24.6 Å². The predicted octanol–water partition coefficient (Wildman–Crippen LogP) is -0.460. The van der Waals surface area contributed by atoms with Crippen LogP contribution in [-0.2, 0) is 4.74 Å². The van der Waals surface area contributed by atoms with Crippen molar-refractivity contribution in [2.75, 3.05) is 6.61 Å². The number of aromatic nitrogens is 2. The lowest BCUT2D eigenvalue weighted by Gasteiger charge is -2.18. The average molecular weight is 284 g/mol. The van der Waals surface area contributed by atoms with Crippen molar-refractivity contribution in [3.05, 3.63) is 32.6 Å². The molecule has 0 bridgehead atoms. The summed E-state index contributed by atoms with van der Waals surface area (Å²) >= 11 is 0. The zero-order valence-corrected chi connectivity index (χ0v) is 11.8. The first-order valence-electron chi connectivity index (χ1n) is 6.65. The van der Waals surface area contributed by atoms with Crippen LogP contribution in [0.4, 0.5) is 0 Å². The summed E-state index contributed by atoms with van der Waals surface area (Å²) in [7, 11) is 0. The van der Waals surface area contributed by atoms with Crippen molar-refractivity contribution in [1.29, 1.82) is 0 Å². The molecule has 0 saturated carbocycles. The van der Waals surface area contributed by atoms with Crippen molar-refractivity contribution >= 4 is 0 Å². The van der Waals surface area contributed by atoms with Gasteiger partial charge in [-0.15, -0.1) is 0 Å². The molecule has 0 aromatic carbocycles. The maximum absolute atomic E-state index is 12.4. The number of hydrogen-bond donors (Lipinski definition) is 2. The quantitative estimate of drug-likeness (QED) is 0.783. The first-order chi connectivity index (χ1) is 9.36. The minimum atomic E-state index is -0.823. The van der Waals surface area contributed by atoms with Crippen LogP contribution in [0.5, 0.6) is 0 Å². The van der Waals surface area contributed by atoms with Crippen LogP contribution < -0.4 is 11.2 Å². The maximum Gasteiger partial charge on any atom is 0.333 e. The molecule has 1 saturated heterocycles. The molecule has 0 aliphatic carbocycles. The van der Waals surface area contributed by atoms with Gasteiger partial charge in [-0.1, -0.05) is 0 Å². The van der Waals surface area contributed by atoms with E-state index in [0.717, 1.165) is 4.57 Å². The fourth-order valence-electron chi connectivity index (χ4n) is 2.43. The number of aliphatic hydroxyl groups is 2. The average Bonchev–Trinajstić information content (AvgIpc) is 2.74. The molecular weight excluding hydrogens is 264 g/mol. The lowest BCUT2D eigenvalue weighted by Crippen LogP contribution is -2.43. The lowest BCUT2D eigenvalue weighted by molar-refractivity contribution is -0.0464. The molecule has 1 unspecified atom stereocenters. The van der Waals surface area contributed by atoms with Gasteiger partial charge >= 0.3 is 5.69 Å². The van der Waals surface area contributed by atoms with Crippen LogP contribution in [0.3, 0.4) is 0 Å². The Kier molecular flexibility index (Phi) is 4.12. The van der Waals surface area contributed by atoms with Crippen molar-refractivity contribution in [2.45, 2.75) is 51.7 Å². The van der Waals surface area contributed by atoms with Gasteiger partial charge in [0.25, 0.3) is 5.56 Å². The second kappa shape index (κ2) is 5.51. The highest BCUT2D eigenvalue weighted by atomic mass is 16.5. The number of nitrogens with zero attached hydrogens (tertiary/aromatic N) is 2. The molecule has 1 fully saturated rings. The van der Waals surface area contributed by atoms with Crippen molar-refractivity contribution in [2.24, 2.45) is 0 Å². The van der Waals surface area contributed by atoms with E-state index in [1.165, 1.54) is 10.8 Å². The minimum absolute atomic E-state index is 0.209. The minimum Gasteiger partial charge on any atom is -0.394 e. The van der Waals surface area contributed by atoms with Crippen molar-refractivity contribution in [1.82, 2.24) is 9.13 Å². The molecule has 1 aliphatic rings. The smallest absolute Gasteiger partial charge is 0.333 e. The molecule has 7 nitrogen and oxygen atoms in total. The van der Waals surface area contributed by atoms with Crippen molar-refractivity contribution < 1.29 is 14.9 Å². The van der Waals surface area contributed by atoms with Crippen molar-refractivity contribution in [3.63, 3.8) is 0 Å². The van der Waals surface area contributed by atoms with Gasteiger partial charge in [-0.3, -0.25) is 13.9 Å². The molecule has 2 heterocycles. The van der Waals surface area contributed by atoms with E-state index < -0.39 is 24.1 Å². The lowest BCUT2D eigenvalue weighted by atomic mass is 10.2. The summed E-state index contributed by atoms with van der Waals surface area (Å²) < 4.78 is 7.95. The molecule has 0 radical (unpaired) electrons. The molecule has 2 N–H and O–H groups in total. The second-order valence-corrected chi connectivity index (χ2v) is 5.39. The molecule has 2 rings (SSSR count). The molecular formula is C13H20N2O5. The summed E-state index contributed by atoms with van der Waals surface area (Å²) in [5.74, 6) is 0. The molecule has 1 aromatic rings.